The van der Waals surface area contributed by atoms with Gasteiger partial charge < -0.3 is 5.32 Å². The van der Waals surface area contributed by atoms with Crippen LogP contribution in [0.3, 0.4) is 0 Å². The first-order valence-corrected chi connectivity index (χ1v) is 7.53. The highest BCUT2D eigenvalue weighted by Crippen LogP contribution is 2.27. The molecule has 18 heavy (non-hydrogen) atoms. The molecule has 100 valence electrons. The van der Waals surface area contributed by atoms with Crippen LogP contribution in [0.4, 0.5) is 0 Å². The molecule has 0 radical (unpaired) electrons. The third kappa shape index (κ3) is 2.61. The molecule has 3 aliphatic rings. The van der Waals surface area contributed by atoms with Gasteiger partial charge in [0.05, 0.1) is 0 Å². The van der Waals surface area contributed by atoms with E-state index < -0.39 is 0 Å². The number of hydrogen-bond acceptors (Lipinski definition) is 2. The molecule has 1 amide bonds. The minimum absolute atomic E-state index is 0.268. The van der Waals surface area contributed by atoms with Crippen molar-refractivity contribution in [2.24, 2.45) is 5.92 Å². The summed E-state index contributed by atoms with van der Waals surface area (Å²) < 4.78 is 0. The Balaban J connectivity index is 1.49. The van der Waals surface area contributed by atoms with Gasteiger partial charge in [0.25, 0.3) is 0 Å². The largest absolute Gasteiger partial charge is 0.352 e. The number of rotatable bonds is 3. The van der Waals surface area contributed by atoms with E-state index >= 15 is 0 Å². The molecule has 1 N–H and O–H groups in total. The molecule has 0 aromatic rings. The number of piperidine rings is 1. The van der Waals surface area contributed by atoms with Crippen molar-refractivity contribution in [3.8, 4) is 0 Å². The Morgan fingerprint density at radius 3 is 3.00 bits per heavy atom. The lowest BCUT2D eigenvalue weighted by atomic mass is 9.98. The molecule has 3 heteroatoms. The predicted molar refractivity (Wildman–Crippen MR) is 72.2 cm³/mol. The number of allylic oxidation sites excluding steroid dienone is 2. The van der Waals surface area contributed by atoms with Crippen LogP contribution in [0.1, 0.15) is 44.9 Å². The van der Waals surface area contributed by atoms with Crippen molar-refractivity contribution < 1.29 is 4.79 Å². The molecule has 0 bridgehead atoms. The molecule has 0 aromatic carbocycles. The monoisotopic (exact) mass is 248 g/mol. The highest BCUT2D eigenvalue weighted by molar-refractivity contribution is 5.77. The smallest absolute Gasteiger partial charge is 0.220 e. The lowest BCUT2D eigenvalue weighted by Gasteiger charge is -2.32. The van der Waals surface area contributed by atoms with Gasteiger partial charge in [-0.25, -0.2) is 0 Å². The number of nitrogens with zero attached hydrogens (tertiary/aromatic N) is 1. The van der Waals surface area contributed by atoms with Crippen molar-refractivity contribution in [1.82, 2.24) is 10.2 Å². The fourth-order valence-corrected chi connectivity index (χ4v) is 3.78. The Labute approximate surface area is 110 Å². The molecule has 3 rings (SSSR count). The SMILES string of the molecule is O=C(C[C@@H]1C=CCC1)N[C@@H]1CCN2CCCC[C@@H]12. The number of hydrogen-bond donors (Lipinski definition) is 1. The fourth-order valence-electron chi connectivity index (χ4n) is 3.78. The third-order valence-electron chi connectivity index (χ3n) is 4.76. The number of amides is 1. The van der Waals surface area contributed by atoms with Gasteiger partial charge in [-0.15, -0.1) is 0 Å². The first-order chi connectivity index (χ1) is 8.83. The molecule has 0 aromatic heterocycles. The Morgan fingerprint density at radius 2 is 2.17 bits per heavy atom. The summed E-state index contributed by atoms with van der Waals surface area (Å²) in [6.07, 6.45) is 12.5. The first-order valence-electron chi connectivity index (χ1n) is 7.53. The zero-order valence-corrected chi connectivity index (χ0v) is 11.1. The molecule has 2 aliphatic heterocycles. The summed E-state index contributed by atoms with van der Waals surface area (Å²) >= 11 is 0. The molecule has 0 saturated carbocycles. The van der Waals surface area contributed by atoms with Crippen LogP contribution in [0.5, 0.6) is 0 Å². The number of fused-ring (bicyclic) bond motifs is 1. The van der Waals surface area contributed by atoms with Crippen LogP contribution < -0.4 is 5.32 Å². The molecule has 1 aliphatic carbocycles. The minimum Gasteiger partial charge on any atom is -0.352 e. The van der Waals surface area contributed by atoms with E-state index in [0.717, 1.165) is 19.3 Å². The molecular weight excluding hydrogens is 224 g/mol. The Kier molecular flexibility index (Phi) is 3.69. The Hall–Kier alpha value is -0.830. The molecule has 2 fully saturated rings. The highest BCUT2D eigenvalue weighted by Gasteiger charge is 2.36. The zero-order valence-electron chi connectivity index (χ0n) is 11.1. The lowest BCUT2D eigenvalue weighted by Crippen LogP contribution is -2.47. The van der Waals surface area contributed by atoms with Crippen LogP contribution in [0, 0.1) is 5.92 Å². The van der Waals surface area contributed by atoms with Crippen molar-refractivity contribution in [3.05, 3.63) is 12.2 Å². The van der Waals surface area contributed by atoms with Gasteiger partial charge in [0.15, 0.2) is 0 Å². The first kappa shape index (κ1) is 12.2. The van der Waals surface area contributed by atoms with Crippen molar-refractivity contribution in [1.29, 1.82) is 0 Å². The van der Waals surface area contributed by atoms with Gasteiger partial charge in [-0.3, -0.25) is 9.69 Å². The predicted octanol–water partition coefficient (Wildman–Crippen LogP) is 2.09. The zero-order chi connectivity index (χ0) is 12.4. The maximum atomic E-state index is 12.1. The third-order valence-corrected chi connectivity index (χ3v) is 4.76. The summed E-state index contributed by atoms with van der Waals surface area (Å²) in [4.78, 5) is 14.6. The van der Waals surface area contributed by atoms with Crippen LogP contribution >= 0.6 is 0 Å². The highest BCUT2D eigenvalue weighted by atomic mass is 16.1. The number of carbonyl (C=O) groups is 1. The Morgan fingerprint density at radius 1 is 1.22 bits per heavy atom. The topological polar surface area (TPSA) is 32.3 Å². The van der Waals surface area contributed by atoms with Crippen LogP contribution in [-0.4, -0.2) is 36.0 Å². The number of nitrogens with one attached hydrogen (secondary N) is 1. The second kappa shape index (κ2) is 5.43. The quantitative estimate of drug-likeness (QED) is 0.776. The molecular formula is C15H24N2O. The van der Waals surface area contributed by atoms with E-state index in [1.807, 2.05) is 0 Å². The minimum atomic E-state index is 0.268. The van der Waals surface area contributed by atoms with E-state index in [4.69, 9.17) is 0 Å². The van der Waals surface area contributed by atoms with Crippen LogP contribution in [0.2, 0.25) is 0 Å². The van der Waals surface area contributed by atoms with Crippen molar-refractivity contribution in [2.75, 3.05) is 13.1 Å². The molecule has 2 saturated heterocycles. The summed E-state index contributed by atoms with van der Waals surface area (Å²) in [5.41, 5.74) is 0. The van der Waals surface area contributed by atoms with Gasteiger partial charge in [0.2, 0.25) is 5.91 Å². The second-order valence-corrected chi connectivity index (χ2v) is 6.03. The molecule has 3 atom stereocenters. The van der Waals surface area contributed by atoms with Gasteiger partial charge >= 0.3 is 0 Å². The molecule has 3 nitrogen and oxygen atoms in total. The maximum Gasteiger partial charge on any atom is 0.220 e. The molecule has 0 unspecified atom stereocenters. The van der Waals surface area contributed by atoms with Gasteiger partial charge in [-0.2, -0.15) is 0 Å². The van der Waals surface area contributed by atoms with Gasteiger partial charge in [-0.1, -0.05) is 18.6 Å². The standard InChI is InChI=1S/C15H24N2O/c18-15(11-12-5-1-2-6-12)16-13-8-10-17-9-4-3-7-14(13)17/h1,5,12-14H,2-4,6-11H2,(H,16,18)/t12-,13-,14+/m1/s1. The van der Waals surface area contributed by atoms with E-state index in [9.17, 15) is 4.79 Å². The van der Waals surface area contributed by atoms with E-state index in [2.05, 4.69) is 22.4 Å². The second-order valence-electron chi connectivity index (χ2n) is 6.03. The molecule has 0 spiro atoms. The van der Waals surface area contributed by atoms with E-state index in [1.54, 1.807) is 0 Å². The summed E-state index contributed by atoms with van der Waals surface area (Å²) in [5.74, 6) is 0.762. The van der Waals surface area contributed by atoms with E-state index in [1.165, 1.54) is 32.4 Å². The van der Waals surface area contributed by atoms with Gasteiger partial charge in [-0.05, 0) is 44.6 Å². The van der Waals surface area contributed by atoms with Gasteiger partial charge in [0, 0.05) is 25.0 Å². The number of carbonyl (C=O) groups excluding carboxylic acids is 1. The normalized spacial score (nSPS) is 35.7. The van der Waals surface area contributed by atoms with Crippen molar-refractivity contribution in [2.45, 2.75) is 57.0 Å². The van der Waals surface area contributed by atoms with E-state index in [0.29, 0.717) is 24.4 Å². The van der Waals surface area contributed by atoms with Crippen LogP contribution in [-0.2, 0) is 4.79 Å². The average molecular weight is 248 g/mol. The maximum absolute atomic E-state index is 12.1. The summed E-state index contributed by atoms with van der Waals surface area (Å²) in [6.45, 7) is 2.42. The summed E-state index contributed by atoms with van der Waals surface area (Å²) in [5, 5.41) is 3.29. The van der Waals surface area contributed by atoms with E-state index in [-0.39, 0.29) is 5.91 Å². The molecule has 2 heterocycles. The van der Waals surface area contributed by atoms with Crippen molar-refractivity contribution in [3.63, 3.8) is 0 Å². The van der Waals surface area contributed by atoms with Gasteiger partial charge in [0.1, 0.15) is 0 Å². The summed E-state index contributed by atoms with van der Waals surface area (Å²) in [7, 11) is 0. The van der Waals surface area contributed by atoms with Crippen molar-refractivity contribution >= 4 is 5.91 Å². The average Bonchev–Trinajstić information content (AvgIpc) is 3.00. The Bertz CT molecular complexity index is 339. The lowest BCUT2D eigenvalue weighted by molar-refractivity contribution is -0.122. The fraction of sp³-hybridized carbons (Fsp3) is 0.800. The van der Waals surface area contributed by atoms with Crippen LogP contribution in [0.15, 0.2) is 12.2 Å². The van der Waals surface area contributed by atoms with Crippen LogP contribution in [0.25, 0.3) is 0 Å². The summed E-state index contributed by atoms with van der Waals surface area (Å²) in [6, 6.07) is 1.05.